The quantitative estimate of drug-likeness (QED) is 0.251. The van der Waals surface area contributed by atoms with Crippen molar-refractivity contribution in [3.05, 3.63) is 0 Å². The molecule has 0 spiro atoms. The monoisotopic (exact) mass is 513 g/mol. The summed E-state index contributed by atoms with van der Waals surface area (Å²) in [6.07, 6.45) is 2.87. The van der Waals surface area contributed by atoms with Gasteiger partial charge in [0.05, 0.1) is 6.61 Å². The molecule has 0 unspecified atom stereocenters. The maximum absolute atomic E-state index is 10.2. The molecule has 0 heterocycles. The maximum Gasteiger partial charge on any atom is 0.305 e. The summed E-state index contributed by atoms with van der Waals surface area (Å²) in [7, 11) is -1.18. The van der Waals surface area contributed by atoms with Gasteiger partial charge in [-0.15, -0.1) is 0 Å². The second-order valence-electron chi connectivity index (χ2n) is 5.61. The van der Waals surface area contributed by atoms with E-state index >= 15 is 0 Å². The molecular formula is C28H84O4Si. The van der Waals surface area contributed by atoms with Crippen LogP contribution in [-0.4, -0.2) is 40.7 Å². The number of carbonyl (C=O) groups is 1. The van der Waals surface area contributed by atoms with E-state index in [9.17, 15) is 4.79 Å². The highest BCUT2D eigenvalue weighted by atomic mass is 28.4. The van der Waals surface area contributed by atoms with Crippen LogP contribution >= 0.6 is 0 Å². The first kappa shape index (κ1) is 94.1. The molecule has 0 N–H and O–H groups in total. The lowest BCUT2D eigenvalue weighted by atomic mass is 10.5. The molecule has 0 atom stereocenters. The Morgan fingerprint density at radius 3 is 0.970 bits per heavy atom. The summed E-state index contributed by atoms with van der Waals surface area (Å²) in [6.45, 7) is 23.7. The Hall–Kier alpha value is -0.393. The molecule has 0 aliphatic rings. The fourth-order valence-electron chi connectivity index (χ4n) is 0.875. The molecule has 0 saturated heterocycles. The normalized spacial score (nSPS) is 6.48. The minimum absolute atomic E-state index is 0. The van der Waals surface area contributed by atoms with Gasteiger partial charge in [-0.25, -0.2) is 0 Å². The zero-order valence-electron chi connectivity index (χ0n) is 17.6. The molecular weight excluding hydrogens is 428 g/mol. The van der Waals surface area contributed by atoms with Crippen molar-refractivity contribution in [2.75, 3.05) is 26.4 Å². The van der Waals surface area contributed by atoms with E-state index in [1.54, 1.807) is 13.8 Å². The van der Waals surface area contributed by atoms with Crippen LogP contribution in [0.15, 0.2) is 0 Å². The van der Waals surface area contributed by atoms with Crippen molar-refractivity contribution in [2.24, 2.45) is 0 Å². The highest BCUT2D eigenvalue weighted by Crippen LogP contribution is 2.01. The van der Waals surface area contributed by atoms with Gasteiger partial charge in [0.25, 0.3) is 0 Å². The maximum atomic E-state index is 10.2. The Kier molecular flexibility index (Phi) is 244. The Balaban J connectivity index is -0.0000000114. The summed E-state index contributed by atoms with van der Waals surface area (Å²) in [6, 6.07) is 0. The molecule has 33 heavy (non-hydrogen) atoms. The second-order valence-corrected chi connectivity index (χ2v) is 10.1. The van der Waals surface area contributed by atoms with Gasteiger partial charge < -0.3 is 13.9 Å². The largest absolute Gasteiger partial charge is 0.466 e. The molecule has 0 aromatic heterocycles. The van der Waals surface area contributed by atoms with E-state index < -0.39 is 8.32 Å². The van der Waals surface area contributed by atoms with Crippen molar-refractivity contribution in [2.45, 2.75) is 162 Å². The molecule has 0 rings (SSSR count). The Morgan fingerprint density at radius 2 is 0.909 bits per heavy atom. The van der Waals surface area contributed by atoms with Crippen LogP contribution in [0.4, 0.5) is 0 Å². The zero-order valence-corrected chi connectivity index (χ0v) is 18.6. The molecule has 0 aliphatic heterocycles. The number of hydrogen-bond acceptors (Lipinski definition) is 4. The van der Waals surface area contributed by atoms with Crippen LogP contribution in [-0.2, 0) is 18.7 Å². The van der Waals surface area contributed by atoms with Crippen molar-refractivity contribution >= 4 is 14.3 Å². The lowest BCUT2D eigenvalue weighted by Gasteiger charge is -2.15. The average molecular weight is 513 g/mol. The first-order valence-electron chi connectivity index (χ1n) is 9.07. The van der Waals surface area contributed by atoms with Gasteiger partial charge in [-0.2, -0.15) is 0 Å². The number of rotatable bonds is 7. The van der Waals surface area contributed by atoms with Gasteiger partial charge in [0.2, 0.25) is 0 Å². The summed E-state index contributed by atoms with van der Waals surface area (Å²) in [5.74, 6) is -0.123. The highest BCUT2D eigenvalue weighted by molar-refractivity contribution is 6.69. The van der Waals surface area contributed by atoms with Gasteiger partial charge in [0.1, 0.15) is 0 Å². The molecule has 0 aromatic carbocycles. The fourth-order valence-corrected chi connectivity index (χ4v) is 1.69. The third kappa shape index (κ3) is 206. The molecule has 0 aliphatic carbocycles. The molecule has 0 amide bonds. The molecule has 0 radical (unpaired) electrons. The van der Waals surface area contributed by atoms with Crippen LogP contribution in [0.25, 0.3) is 0 Å². The van der Waals surface area contributed by atoms with E-state index in [0.717, 1.165) is 26.2 Å². The van der Waals surface area contributed by atoms with Gasteiger partial charge in [0, 0.05) is 26.2 Å². The molecule has 0 fully saturated rings. The van der Waals surface area contributed by atoms with Crippen LogP contribution in [0.1, 0.15) is 142 Å². The second kappa shape index (κ2) is 85.5. The number of ether oxygens (including phenoxy) is 2. The standard InChI is InChI=1S/C6H16OSi.C5H10O2.C4H10O.C3H8.10CH4/c1-5-6-7-8(2,3)4;1-3-5(6)7-4-2;1-3-5-4-2;1-3-2;;;;;;;;;;/h5-6H2,1-4H3;3-4H2,1-2H3;3-4H2,1-2H3;3H2,1-2H3;10*1H4. The Bertz CT molecular complexity index is 205. The smallest absolute Gasteiger partial charge is 0.305 e. The highest BCUT2D eigenvalue weighted by Gasteiger charge is 2.12. The predicted octanol–water partition coefficient (Wildman–Crippen LogP) is 12.0. The summed E-state index contributed by atoms with van der Waals surface area (Å²) >= 11 is 0. The van der Waals surface area contributed by atoms with E-state index in [1.807, 2.05) is 13.8 Å². The average Bonchev–Trinajstić information content (AvgIpc) is 2.47. The van der Waals surface area contributed by atoms with Crippen LogP contribution < -0.4 is 0 Å². The van der Waals surface area contributed by atoms with E-state index in [0.29, 0.717) is 13.0 Å². The van der Waals surface area contributed by atoms with Crippen LogP contribution in [0.3, 0.4) is 0 Å². The molecule has 0 aromatic rings. The van der Waals surface area contributed by atoms with Crippen molar-refractivity contribution in [3.63, 3.8) is 0 Å². The Labute approximate surface area is 221 Å². The minimum atomic E-state index is -1.18. The van der Waals surface area contributed by atoms with Crippen molar-refractivity contribution < 1.29 is 18.7 Å². The summed E-state index contributed by atoms with van der Waals surface area (Å²) in [5, 5.41) is 0. The molecule has 5 heteroatoms. The number of hydrogen-bond donors (Lipinski definition) is 0. The molecule has 4 nitrogen and oxygen atoms in total. The van der Waals surface area contributed by atoms with Gasteiger partial charge in [-0.1, -0.05) is 108 Å². The number of carbonyl (C=O) groups excluding carboxylic acids is 1. The molecule has 0 saturated carbocycles. The van der Waals surface area contributed by atoms with Crippen LogP contribution in [0, 0.1) is 0 Å². The van der Waals surface area contributed by atoms with E-state index in [2.05, 4.69) is 45.1 Å². The Morgan fingerprint density at radius 1 is 0.606 bits per heavy atom. The van der Waals surface area contributed by atoms with Gasteiger partial charge in [-0.05, 0) is 46.8 Å². The first-order valence-corrected chi connectivity index (χ1v) is 12.5. The third-order valence-electron chi connectivity index (χ3n) is 1.74. The molecule has 224 valence electrons. The zero-order chi connectivity index (χ0) is 19.1. The summed E-state index contributed by atoms with van der Waals surface area (Å²) < 4.78 is 14.9. The van der Waals surface area contributed by atoms with Crippen LogP contribution in [0.2, 0.25) is 19.6 Å². The van der Waals surface area contributed by atoms with Gasteiger partial charge >= 0.3 is 5.97 Å². The van der Waals surface area contributed by atoms with E-state index in [-0.39, 0.29) is 80.2 Å². The van der Waals surface area contributed by atoms with Crippen molar-refractivity contribution in [3.8, 4) is 0 Å². The number of esters is 1. The van der Waals surface area contributed by atoms with Gasteiger partial charge in [0.15, 0.2) is 8.32 Å². The third-order valence-corrected chi connectivity index (χ3v) is 2.81. The lowest BCUT2D eigenvalue weighted by Crippen LogP contribution is -2.25. The molecule has 0 bridgehead atoms. The fraction of sp³-hybridized carbons (Fsp3) is 0.964. The lowest BCUT2D eigenvalue weighted by molar-refractivity contribution is -0.142. The predicted molar refractivity (Wildman–Crippen MR) is 172 cm³/mol. The van der Waals surface area contributed by atoms with Gasteiger partial charge in [-0.3, -0.25) is 4.79 Å². The SMILES string of the molecule is C.C.C.C.C.C.C.C.C.C.CCC.CCCO[Si](C)(C)C.CCOC(=O)CC.CCOCC. The van der Waals surface area contributed by atoms with Crippen LogP contribution in [0.5, 0.6) is 0 Å². The first-order chi connectivity index (χ1) is 10.7. The van der Waals surface area contributed by atoms with E-state index in [4.69, 9.17) is 9.16 Å². The van der Waals surface area contributed by atoms with Crippen molar-refractivity contribution in [1.29, 1.82) is 0 Å². The topological polar surface area (TPSA) is 44.8 Å². The summed E-state index contributed by atoms with van der Waals surface area (Å²) in [5.41, 5.74) is 0. The van der Waals surface area contributed by atoms with Crippen molar-refractivity contribution in [1.82, 2.24) is 0 Å². The van der Waals surface area contributed by atoms with E-state index in [1.165, 1.54) is 6.42 Å². The summed E-state index contributed by atoms with van der Waals surface area (Å²) in [4.78, 5) is 10.2. The minimum Gasteiger partial charge on any atom is -0.466 e.